The van der Waals surface area contributed by atoms with E-state index in [9.17, 15) is 14.9 Å². The summed E-state index contributed by atoms with van der Waals surface area (Å²) in [6.45, 7) is 5.77. The molecular weight excluding hydrogens is 534 g/mol. The summed E-state index contributed by atoms with van der Waals surface area (Å²) in [7, 11) is 0. The van der Waals surface area contributed by atoms with E-state index in [1.54, 1.807) is 12.1 Å². The molecule has 0 bridgehead atoms. The van der Waals surface area contributed by atoms with Gasteiger partial charge in [-0.1, -0.05) is 48.0 Å². The number of amides is 2. The molecule has 0 unspecified atom stereocenters. The fourth-order valence-electron chi connectivity index (χ4n) is 3.46. The van der Waals surface area contributed by atoms with E-state index < -0.39 is 5.91 Å². The summed E-state index contributed by atoms with van der Waals surface area (Å²) < 4.78 is 12.0. The second-order valence-corrected chi connectivity index (χ2v) is 9.10. The molecule has 0 spiro atoms. The number of aryl methyl sites for hydroxylation is 1. The Morgan fingerprint density at radius 3 is 2.43 bits per heavy atom. The molecule has 0 heterocycles. The highest BCUT2D eigenvalue weighted by atomic mass is 79.9. The fraction of sp³-hybridized carbons (Fsp3) is 0.207. The van der Waals surface area contributed by atoms with Crippen molar-refractivity contribution in [3.8, 4) is 17.6 Å². The molecule has 3 rings (SSSR count). The van der Waals surface area contributed by atoms with Crippen LogP contribution in [0.4, 0.5) is 5.69 Å². The lowest BCUT2D eigenvalue weighted by molar-refractivity contribution is -0.118. The largest absolute Gasteiger partial charge is 0.490 e. The first kappa shape index (κ1) is 27.5. The molecule has 0 saturated heterocycles. The lowest BCUT2D eigenvalue weighted by Crippen LogP contribution is -2.27. The van der Waals surface area contributed by atoms with Gasteiger partial charge in [-0.2, -0.15) is 5.26 Å². The Kier molecular flexibility index (Phi) is 9.87. The summed E-state index contributed by atoms with van der Waals surface area (Å²) in [6.07, 6.45) is 1.48. The molecule has 37 heavy (non-hydrogen) atoms. The van der Waals surface area contributed by atoms with E-state index in [0.717, 1.165) is 11.1 Å². The molecule has 0 aromatic heterocycles. The van der Waals surface area contributed by atoms with E-state index in [2.05, 4.69) is 26.6 Å². The molecule has 0 aliphatic heterocycles. The van der Waals surface area contributed by atoms with Crippen LogP contribution < -0.4 is 20.1 Å². The number of carbonyl (C=O) groups excluding carboxylic acids is 2. The molecule has 0 aliphatic carbocycles. The zero-order valence-electron chi connectivity index (χ0n) is 20.9. The molecule has 0 fully saturated rings. The molecule has 3 aromatic rings. The van der Waals surface area contributed by atoms with E-state index in [1.807, 2.05) is 81.4 Å². The van der Waals surface area contributed by atoms with Gasteiger partial charge in [-0.3, -0.25) is 9.59 Å². The Balaban J connectivity index is 1.74. The summed E-state index contributed by atoms with van der Waals surface area (Å²) in [5, 5.41) is 15.3. The van der Waals surface area contributed by atoms with E-state index in [4.69, 9.17) is 9.47 Å². The van der Waals surface area contributed by atoms with Gasteiger partial charge in [0.25, 0.3) is 11.8 Å². The number of nitrogens with zero attached hydrogens (tertiary/aromatic N) is 1. The minimum Gasteiger partial charge on any atom is -0.490 e. The van der Waals surface area contributed by atoms with E-state index in [0.29, 0.717) is 33.8 Å². The monoisotopic (exact) mass is 561 g/mol. The number of hydrogen-bond donors (Lipinski definition) is 2. The van der Waals surface area contributed by atoms with Crippen molar-refractivity contribution >= 4 is 39.5 Å². The predicted octanol–water partition coefficient (Wildman–Crippen LogP) is 5.96. The Hall–Kier alpha value is -4.09. The van der Waals surface area contributed by atoms with E-state index in [-0.39, 0.29) is 24.1 Å². The van der Waals surface area contributed by atoms with E-state index in [1.165, 1.54) is 6.08 Å². The maximum atomic E-state index is 12.8. The number of halogens is 1. The molecule has 0 aliphatic rings. The molecule has 0 saturated carbocycles. The lowest BCUT2D eigenvalue weighted by Gasteiger charge is -2.15. The van der Waals surface area contributed by atoms with Crippen molar-refractivity contribution in [3.63, 3.8) is 0 Å². The molecule has 2 N–H and O–H groups in total. The average Bonchev–Trinajstić information content (AvgIpc) is 2.88. The van der Waals surface area contributed by atoms with E-state index >= 15 is 0 Å². The number of nitriles is 1. The number of benzene rings is 3. The van der Waals surface area contributed by atoms with Gasteiger partial charge >= 0.3 is 0 Å². The molecule has 7 nitrogen and oxygen atoms in total. The molecule has 1 atom stereocenters. The lowest BCUT2D eigenvalue weighted by atomic mass is 10.1. The highest BCUT2D eigenvalue weighted by Gasteiger charge is 2.17. The number of anilines is 1. The van der Waals surface area contributed by atoms with Crippen LogP contribution >= 0.6 is 15.9 Å². The SMILES string of the molecule is CCOc1cc(/C=C(/C#N)C(=O)N[C@H](C)c2ccccc2)cc(Br)c1OCC(=O)Nc1ccc(C)cc1. The first-order valence-corrected chi connectivity index (χ1v) is 12.5. The summed E-state index contributed by atoms with van der Waals surface area (Å²) in [5.41, 5.74) is 3.21. The van der Waals surface area contributed by atoms with Crippen molar-refractivity contribution in [3.05, 3.63) is 93.5 Å². The number of rotatable bonds is 10. The van der Waals surface area contributed by atoms with Gasteiger partial charge < -0.3 is 20.1 Å². The molecular formula is C29H28BrN3O4. The second-order valence-electron chi connectivity index (χ2n) is 8.24. The van der Waals surface area contributed by atoms with Crippen LogP contribution in [0.2, 0.25) is 0 Å². The smallest absolute Gasteiger partial charge is 0.262 e. The van der Waals surface area contributed by atoms with Crippen molar-refractivity contribution in [2.24, 2.45) is 0 Å². The standard InChI is InChI=1S/C29H28BrN3O4/c1-4-36-26-16-21(14-23(17-31)29(35)32-20(3)22-8-6-5-7-9-22)15-25(30)28(26)37-18-27(34)33-24-12-10-19(2)11-13-24/h5-16,20H,4,18H2,1-3H3,(H,32,35)(H,33,34)/b23-14-/t20-/m1/s1. The molecule has 0 radical (unpaired) electrons. The topological polar surface area (TPSA) is 100 Å². The number of carbonyl (C=O) groups is 2. The van der Waals surface area contributed by atoms with Gasteiger partial charge in [-0.05, 0) is 78.2 Å². The van der Waals surface area contributed by atoms with Crippen LogP contribution in [-0.4, -0.2) is 25.0 Å². The first-order chi connectivity index (χ1) is 17.8. The molecule has 190 valence electrons. The first-order valence-electron chi connectivity index (χ1n) is 11.7. The van der Waals surface area contributed by atoms with Crippen LogP contribution in [-0.2, 0) is 9.59 Å². The quantitative estimate of drug-likeness (QED) is 0.235. The number of ether oxygens (including phenoxy) is 2. The van der Waals surface area contributed by atoms with Gasteiger partial charge in [0.15, 0.2) is 18.1 Å². The zero-order valence-corrected chi connectivity index (χ0v) is 22.5. The third kappa shape index (κ3) is 7.95. The van der Waals surface area contributed by atoms with Crippen molar-refractivity contribution in [2.75, 3.05) is 18.5 Å². The summed E-state index contributed by atoms with van der Waals surface area (Å²) in [4.78, 5) is 25.1. The minimum absolute atomic E-state index is 0.0525. The van der Waals surface area contributed by atoms with Gasteiger partial charge in [0, 0.05) is 5.69 Å². The van der Waals surface area contributed by atoms with Crippen LogP contribution in [0.3, 0.4) is 0 Å². The molecule has 3 aromatic carbocycles. The highest BCUT2D eigenvalue weighted by molar-refractivity contribution is 9.10. The Bertz CT molecular complexity index is 1320. The molecule has 8 heteroatoms. The summed E-state index contributed by atoms with van der Waals surface area (Å²) >= 11 is 3.46. The maximum absolute atomic E-state index is 12.8. The van der Waals surface area contributed by atoms with Gasteiger partial charge in [0.05, 0.1) is 17.1 Å². The minimum atomic E-state index is -0.485. The normalized spacial score (nSPS) is 11.7. The summed E-state index contributed by atoms with van der Waals surface area (Å²) in [5.74, 6) is -0.0838. The van der Waals surface area contributed by atoms with Crippen LogP contribution in [0, 0.1) is 18.3 Å². The number of nitrogens with one attached hydrogen (secondary N) is 2. The average molecular weight is 562 g/mol. The zero-order chi connectivity index (χ0) is 26.8. The van der Waals surface area contributed by atoms with Crippen molar-refractivity contribution in [2.45, 2.75) is 26.8 Å². The van der Waals surface area contributed by atoms with Crippen molar-refractivity contribution in [1.82, 2.24) is 5.32 Å². The van der Waals surface area contributed by atoms with Crippen molar-refractivity contribution in [1.29, 1.82) is 5.26 Å². The predicted molar refractivity (Wildman–Crippen MR) is 147 cm³/mol. The van der Waals surface area contributed by atoms with Gasteiger partial charge in [0.2, 0.25) is 0 Å². The van der Waals surface area contributed by atoms with Crippen LogP contribution in [0.15, 0.2) is 76.8 Å². The van der Waals surface area contributed by atoms with Crippen LogP contribution in [0.1, 0.15) is 36.6 Å². The Labute approximate surface area is 225 Å². The highest BCUT2D eigenvalue weighted by Crippen LogP contribution is 2.37. The van der Waals surface area contributed by atoms with Gasteiger partial charge in [-0.15, -0.1) is 0 Å². The van der Waals surface area contributed by atoms with Crippen LogP contribution in [0.5, 0.6) is 11.5 Å². The Morgan fingerprint density at radius 2 is 1.78 bits per heavy atom. The third-order valence-corrected chi connectivity index (χ3v) is 5.93. The second kappa shape index (κ2) is 13.3. The van der Waals surface area contributed by atoms with Gasteiger partial charge in [0.1, 0.15) is 11.6 Å². The number of hydrogen-bond acceptors (Lipinski definition) is 5. The van der Waals surface area contributed by atoms with Crippen LogP contribution in [0.25, 0.3) is 6.08 Å². The third-order valence-electron chi connectivity index (χ3n) is 5.34. The fourth-order valence-corrected chi connectivity index (χ4v) is 4.03. The summed E-state index contributed by atoms with van der Waals surface area (Å²) in [6, 6.07) is 22.0. The van der Waals surface area contributed by atoms with Crippen molar-refractivity contribution < 1.29 is 19.1 Å². The molecule has 2 amide bonds. The Morgan fingerprint density at radius 1 is 1.08 bits per heavy atom. The van der Waals surface area contributed by atoms with Gasteiger partial charge in [-0.25, -0.2) is 0 Å². The maximum Gasteiger partial charge on any atom is 0.262 e.